The molecule has 2 heterocycles. The van der Waals surface area contributed by atoms with Crippen molar-refractivity contribution in [1.29, 1.82) is 0 Å². The number of halogens is 1. The molecular weight excluding hydrogens is 415 g/mol. The van der Waals surface area contributed by atoms with Crippen molar-refractivity contribution in [1.82, 2.24) is 25.1 Å². The molecule has 3 rings (SSSR count). The van der Waals surface area contributed by atoms with Crippen molar-refractivity contribution < 1.29 is 14.0 Å². The van der Waals surface area contributed by atoms with E-state index in [-0.39, 0.29) is 23.8 Å². The van der Waals surface area contributed by atoms with Gasteiger partial charge >= 0.3 is 0 Å². The maximum absolute atomic E-state index is 13.7. The zero-order chi connectivity index (χ0) is 20.8. The van der Waals surface area contributed by atoms with Crippen LogP contribution in [0.2, 0.25) is 0 Å². The summed E-state index contributed by atoms with van der Waals surface area (Å²) in [7, 11) is 0. The number of thiazole rings is 1. The van der Waals surface area contributed by atoms with E-state index in [1.54, 1.807) is 10.6 Å². The first kappa shape index (κ1) is 20.9. The van der Waals surface area contributed by atoms with Crippen LogP contribution in [0.15, 0.2) is 34.8 Å². The molecule has 0 radical (unpaired) electrons. The zero-order valence-electron chi connectivity index (χ0n) is 15.8. The van der Waals surface area contributed by atoms with E-state index < -0.39 is 11.7 Å². The van der Waals surface area contributed by atoms with Crippen molar-refractivity contribution in [3.8, 4) is 0 Å². The molecule has 0 aliphatic carbocycles. The van der Waals surface area contributed by atoms with Gasteiger partial charge in [-0.1, -0.05) is 23.9 Å². The van der Waals surface area contributed by atoms with Gasteiger partial charge in [0.05, 0.1) is 23.6 Å². The van der Waals surface area contributed by atoms with Crippen LogP contribution in [0.5, 0.6) is 0 Å². The van der Waals surface area contributed by atoms with Crippen molar-refractivity contribution in [3.05, 3.63) is 52.5 Å². The maximum atomic E-state index is 13.7. The van der Waals surface area contributed by atoms with Gasteiger partial charge in [0.1, 0.15) is 5.82 Å². The highest BCUT2D eigenvalue weighted by Gasteiger charge is 2.16. The summed E-state index contributed by atoms with van der Waals surface area (Å²) in [6, 6.07) is 5.77. The number of amides is 2. The fourth-order valence-corrected chi connectivity index (χ4v) is 4.00. The van der Waals surface area contributed by atoms with Gasteiger partial charge < -0.3 is 15.2 Å². The molecule has 2 N–H and O–H groups in total. The van der Waals surface area contributed by atoms with Crippen LogP contribution in [0.4, 0.5) is 9.52 Å². The first-order chi connectivity index (χ1) is 14.0. The Kier molecular flexibility index (Phi) is 6.94. The first-order valence-electron chi connectivity index (χ1n) is 8.77. The summed E-state index contributed by atoms with van der Waals surface area (Å²) in [5, 5.41) is 16.5. The minimum Gasteiger partial charge on any atom is -0.345 e. The van der Waals surface area contributed by atoms with Crippen LogP contribution in [0.3, 0.4) is 0 Å². The minimum atomic E-state index is -0.584. The lowest BCUT2D eigenvalue weighted by Gasteiger charge is -2.09. The van der Waals surface area contributed by atoms with Gasteiger partial charge in [-0.05, 0) is 26.0 Å². The second kappa shape index (κ2) is 9.61. The van der Waals surface area contributed by atoms with E-state index in [1.165, 1.54) is 41.3 Å². The quantitative estimate of drug-likeness (QED) is 0.529. The van der Waals surface area contributed by atoms with E-state index >= 15 is 0 Å². The Morgan fingerprint density at radius 1 is 1.28 bits per heavy atom. The first-order valence-corrected chi connectivity index (χ1v) is 10.6. The lowest BCUT2D eigenvalue weighted by molar-refractivity contribution is -0.113. The van der Waals surface area contributed by atoms with Gasteiger partial charge in [-0.25, -0.2) is 9.37 Å². The third-order valence-electron chi connectivity index (χ3n) is 3.83. The van der Waals surface area contributed by atoms with Crippen LogP contribution >= 0.6 is 23.1 Å². The number of carbonyl (C=O) groups excluding carboxylic acids is 2. The van der Waals surface area contributed by atoms with E-state index in [1.807, 2.05) is 19.2 Å². The third kappa shape index (κ3) is 5.39. The van der Waals surface area contributed by atoms with E-state index in [0.717, 1.165) is 5.69 Å². The monoisotopic (exact) mass is 434 g/mol. The van der Waals surface area contributed by atoms with E-state index in [0.29, 0.717) is 22.7 Å². The molecule has 0 fully saturated rings. The van der Waals surface area contributed by atoms with Gasteiger partial charge in [0.15, 0.2) is 16.1 Å². The Labute approximate surface area is 174 Å². The standard InChI is InChI=1S/C18H19FN6O2S2/c1-3-25-14(8-20-16(27)12-6-4-5-7-13(12)19)23-24-18(25)29-10-15(26)22-17-21-11(2)9-28-17/h4-7,9H,3,8,10H2,1-2H3,(H,20,27)(H,21,22,26). The smallest absolute Gasteiger partial charge is 0.254 e. The van der Waals surface area contributed by atoms with Crippen LogP contribution in [0.25, 0.3) is 0 Å². The summed E-state index contributed by atoms with van der Waals surface area (Å²) in [6.45, 7) is 4.43. The Morgan fingerprint density at radius 2 is 2.07 bits per heavy atom. The summed E-state index contributed by atoms with van der Waals surface area (Å²) in [5.41, 5.74) is 0.824. The van der Waals surface area contributed by atoms with Crippen LogP contribution < -0.4 is 10.6 Å². The molecule has 0 aliphatic rings. The average molecular weight is 435 g/mol. The number of aryl methyl sites for hydroxylation is 1. The lowest BCUT2D eigenvalue weighted by atomic mass is 10.2. The molecule has 2 aromatic heterocycles. The van der Waals surface area contributed by atoms with Crippen molar-refractivity contribution in [2.45, 2.75) is 32.1 Å². The van der Waals surface area contributed by atoms with Crippen LogP contribution in [0, 0.1) is 12.7 Å². The average Bonchev–Trinajstić information content (AvgIpc) is 3.30. The second-order valence-electron chi connectivity index (χ2n) is 5.94. The van der Waals surface area contributed by atoms with Crippen molar-refractivity contribution in [2.75, 3.05) is 11.1 Å². The molecule has 11 heteroatoms. The van der Waals surface area contributed by atoms with E-state index in [9.17, 15) is 14.0 Å². The van der Waals surface area contributed by atoms with Crippen molar-refractivity contribution in [3.63, 3.8) is 0 Å². The predicted molar refractivity (Wildman–Crippen MR) is 109 cm³/mol. The van der Waals surface area contributed by atoms with Gasteiger partial charge in [-0.3, -0.25) is 9.59 Å². The second-order valence-corrected chi connectivity index (χ2v) is 7.74. The molecule has 8 nitrogen and oxygen atoms in total. The fraction of sp³-hybridized carbons (Fsp3) is 0.278. The number of anilines is 1. The molecule has 0 bridgehead atoms. The Hall–Kier alpha value is -2.79. The van der Waals surface area contributed by atoms with Crippen LogP contribution in [-0.4, -0.2) is 37.3 Å². The van der Waals surface area contributed by atoms with Crippen molar-refractivity contribution >= 4 is 40.0 Å². The summed E-state index contributed by atoms with van der Waals surface area (Å²) < 4.78 is 15.5. The Morgan fingerprint density at radius 3 is 2.76 bits per heavy atom. The normalized spacial score (nSPS) is 10.7. The summed E-state index contributed by atoms with van der Waals surface area (Å²) >= 11 is 2.61. The number of carbonyl (C=O) groups is 2. The highest BCUT2D eigenvalue weighted by Crippen LogP contribution is 2.19. The fourth-order valence-electron chi connectivity index (χ4n) is 2.47. The molecular formula is C18H19FN6O2S2. The molecule has 0 saturated heterocycles. The number of thioether (sulfide) groups is 1. The van der Waals surface area contributed by atoms with Gasteiger partial charge in [-0.15, -0.1) is 21.5 Å². The number of rotatable bonds is 8. The predicted octanol–water partition coefficient (Wildman–Crippen LogP) is 2.86. The third-order valence-corrected chi connectivity index (χ3v) is 5.68. The molecule has 2 amide bonds. The molecule has 152 valence electrons. The van der Waals surface area contributed by atoms with E-state index in [2.05, 4.69) is 25.8 Å². The number of benzene rings is 1. The number of hydrogen-bond donors (Lipinski definition) is 2. The molecule has 3 aromatic rings. The minimum absolute atomic E-state index is 0.0289. The Balaban J connectivity index is 1.57. The van der Waals surface area contributed by atoms with E-state index in [4.69, 9.17) is 0 Å². The lowest BCUT2D eigenvalue weighted by Crippen LogP contribution is -2.25. The highest BCUT2D eigenvalue weighted by atomic mass is 32.2. The van der Waals surface area contributed by atoms with Crippen LogP contribution in [-0.2, 0) is 17.9 Å². The topological polar surface area (TPSA) is 102 Å². The summed E-state index contributed by atoms with van der Waals surface area (Å²) in [4.78, 5) is 28.4. The number of nitrogens with zero attached hydrogens (tertiary/aromatic N) is 4. The molecule has 0 aliphatic heterocycles. The van der Waals surface area contributed by atoms with Gasteiger partial charge in [0.2, 0.25) is 5.91 Å². The highest BCUT2D eigenvalue weighted by molar-refractivity contribution is 7.99. The molecule has 0 unspecified atom stereocenters. The molecule has 0 spiro atoms. The number of aromatic nitrogens is 4. The number of nitrogens with one attached hydrogen (secondary N) is 2. The SMILES string of the molecule is CCn1c(CNC(=O)c2ccccc2F)nnc1SCC(=O)Nc1nc(C)cs1. The van der Waals surface area contributed by atoms with Gasteiger partial charge in [0.25, 0.3) is 5.91 Å². The van der Waals surface area contributed by atoms with Crippen LogP contribution in [0.1, 0.15) is 28.8 Å². The summed E-state index contributed by atoms with van der Waals surface area (Å²) in [5.74, 6) is -0.626. The Bertz CT molecular complexity index is 1020. The summed E-state index contributed by atoms with van der Waals surface area (Å²) in [6.07, 6.45) is 0. The zero-order valence-corrected chi connectivity index (χ0v) is 17.4. The molecule has 29 heavy (non-hydrogen) atoms. The number of hydrogen-bond acceptors (Lipinski definition) is 7. The van der Waals surface area contributed by atoms with Gasteiger partial charge in [-0.2, -0.15) is 0 Å². The molecule has 0 saturated carbocycles. The van der Waals surface area contributed by atoms with Crippen molar-refractivity contribution in [2.24, 2.45) is 0 Å². The van der Waals surface area contributed by atoms with Gasteiger partial charge in [0, 0.05) is 11.9 Å². The maximum Gasteiger partial charge on any atom is 0.254 e. The molecule has 0 atom stereocenters. The molecule has 1 aromatic carbocycles. The largest absolute Gasteiger partial charge is 0.345 e.